The number of anilines is 1. The van der Waals surface area contributed by atoms with Crippen LogP contribution in [0.25, 0.3) is 0 Å². The van der Waals surface area contributed by atoms with Crippen LogP contribution in [0.15, 0.2) is 42.5 Å². The number of aromatic carboxylic acids is 1. The molecule has 0 unspecified atom stereocenters. The standard InChI is InChI=1S/C20H17NO6/c1-11(2)10-27-20(26)14-5-3-4-6-16(14)21-17(22)13-8-7-12(19(24)25)9-15(13)18(21)23/h3-9,11H,10H2,1-2H3,(H,24,25). The molecular formula is C20H17NO6. The van der Waals surface area contributed by atoms with Gasteiger partial charge in [-0.15, -0.1) is 0 Å². The van der Waals surface area contributed by atoms with Crippen molar-refractivity contribution in [3.8, 4) is 0 Å². The summed E-state index contributed by atoms with van der Waals surface area (Å²) in [6, 6.07) is 9.89. The third-order valence-electron chi connectivity index (χ3n) is 4.05. The average molecular weight is 367 g/mol. The van der Waals surface area contributed by atoms with Crippen molar-refractivity contribution < 1.29 is 29.0 Å². The second-order valence-electron chi connectivity index (χ2n) is 6.52. The van der Waals surface area contributed by atoms with E-state index >= 15 is 0 Å². The Balaban J connectivity index is 2.01. The van der Waals surface area contributed by atoms with Crippen LogP contribution in [-0.2, 0) is 4.74 Å². The predicted octanol–water partition coefficient (Wildman–Crippen LogP) is 3.00. The topological polar surface area (TPSA) is 101 Å². The molecule has 0 bridgehead atoms. The molecule has 7 heteroatoms. The summed E-state index contributed by atoms with van der Waals surface area (Å²) in [7, 11) is 0. The number of fused-ring (bicyclic) bond motifs is 1. The van der Waals surface area contributed by atoms with Gasteiger partial charge < -0.3 is 9.84 Å². The molecule has 1 N–H and O–H groups in total. The first-order valence-electron chi connectivity index (χ1n) is 8.33. The second-order valence-corrected chi connectivity index (χ2v) is 6.52. The summed E-state index contributed by atoms with van der Waals surface area (Å²) in [5.74, 6) is -3.00. The molecule has 1 aliphatic rings. The van der Waals surface area contributed by atoms with Crippen molar-refractivity contribution in [1.82, 2.24) is 0 Å². The minimum atomic E-state index is -1.20. The lowest BCUT2D eigenvalue weighted by molar-refractivity contribution is 0.0459. The lowest BCUT2D eigenvalue weighted by Crippen LogP contribution is -2.31. The van der Waals surface area contributed by atoms with Gasteiger partial charge >= 0.3 is 11.9 Å². The number of carbonyl (C=O) groups is 4. The molecule has 2 aromatic rings. The molecule has 27 heavy (non-hydrogen) atoms. The van der Waals surface area contributed by atoms with E-state index in [1.54, 1.807) is 12.1 Å². The fourth-order valence-corrected chi connectivity index (χ4v) is 2.75. The molecule has 0 aromatic heterocycles. The smallest absolute Gasteiger partial charge is 0.340 e. The molecule has 138 valence electrons. The predicted molar refractivity (Wildman–Crippen MR) is 96.1 cm³/mol. The number of esters is 1. The van der Waals surface area contributed by atoms with Gasteiger partial charge in [-0.25, -0.2) is 14.5 Å². The molecule has 0 radical (unpaired) electrons. The molecule has 0 saturated carbocycles. The quantitative estimate of drug-likeness (QED) is 0.644. The summed E-state index contributed by atoms with van der Waals surface area (Å²) in [6.07, 6.45) is 0. The van der Waals surface area contributed by atoms with Crippen LogP contribution >= 0.6 is 0 Å². The molecule has 0 saturated heterocycles. The minimum Gasteiger partial charge on any atom is -0.478 e. The maximum atomic E-state index is 12.8. The maximum absolute atomic E-state index is 12.8. The number of amides is 2. The van der Waals surface area contributed by atoms with Crippen molar-refractivity contribution in [3.63, 3.8) is 0 Å². The van der Waals surface area contributed by atoms with E-state index < -0.39 is 23.8 Å². The third-order valence-corrected chi connectivity index (χ3v) is 4.05. The number of imide groups is 1. The second kappa shape index (κ2) is 7.03. The Morgan fingerprint density at radius 3 is 2.37 bits per heavy atom. The molecule has 1 aliphatic heterocycles. The van der Waals surface area contributed by atoms with Crippen molar-refractivity contribution in [2.24, 2.45) is 5.92 Å². The van der Waals surface area contributed by atoms with Gasteiger partial charge in [-0.3, -0.25) is 9.59 Å². The van der Waals surface area contributed by atoms with Crippen LogP contribution < -0.4 is 4.90 Å². The fourth-order valence-electron chi connectivity index (χ4n) is 2.75. The summed E-state index contributed by atoms with van der Waals surface area (Å²) in [5, 5.41) is 9.10. The monoisotopic (exact) mass is 367 g/mol. The van der Waals surface area contributed by atoms with Crippen LogP contribution in [0.2, 0.25) is 0 Å². The highest BCUT2D eigenvalue weighted by molar-refractivity contribution is 6.35. The van der Waals surface area contributed by atoms with E-state index in [4.69, 9.17) is 9.84 Å². The molecule has 0 spiro atoms. The van der Waals surface area contributed by atoms with E-state index in [1.165, 1.54) is 24.3 Å². The highest BCUT2D eigenvalue weighted by Gasteiger charge is 2.39. The van der Waals surface area contributed by atoms with E-state index in [0.717, 1.165) is 11.0 Å². The van der Waals surface area contributed by atoms with Crippen LogP contribution in [0.1, 0.15) is 55.3 Å². The van der Waals surface area contributed by atoms with Crippen molar-refractivity contribution in [2.45, 2.75) is 13.8 Å². The number of carbonyl (C=O) groups excluding carboxylic acids is 3. The van der Waals surface area contributed by atoms with Crippen molar-refractivity contribution in [2.75, 3.05) is 11.5 Å². The van der Waals surface area contributed by atoms with Crippen molar-refractivity contribution >= 4 is 29.4 Å². The summed E-state index contributed by atoms with van der Waals surface area (Å²) in [5.41, 5.74) is 0.183. The number of carboxylic acids is 1. The van der Waals surface area contributed by atoms with Gasteiger partial charge in [-0.1, -0.05) is 26.0 Å². The van der Waals surface area contributed by atoms with E-state index in [9.17, 15) is 19.2 Å². The lowest BCUT2D eigenvalue weighted by atomic mass is 10.1. The Hall–Kier alpha value is -3.48. The molecule has 2 aromatic carbocycles. The van der Waals surface area contributed by atoms with Gasteiger partial charge in [-0.05, 0) is 36.2 Å². The highest BCUT2D eigenvalue weighted by atomic mass is 16.5. The summed E-state index contributed by atoms with van der Waals surface area (Å²) in [4.78, 5) is 49.9. The van der Waals surface area contributed by atoms with Gasteiger partial charge in [-0.2, -0.15) is 0 Å². The number of carboxylic acid groups (broad SMARTS) is 1. The van der Waals surface area contributed by atoms with Crippen LogP contribution in [0.5, 0.6) is 0 Å². The van der Waals surface area contributed by atoms with Gasteiger partial charge in [0.15, 0.2) is 0 Å². The number of hydrogen-bond donors (Lipinski definition) is 1. The molecule has 0 fully saturated rings. The Kier molecular flexibility index (Phi) is 4.77. The number of rotatable bonds is 5. The average Bonchev–Trinajstić information content (AvgIpc) is 2.90. The number of ether oxygens (including phenoxy) is 1. The SMILES string of the molecule is CC(C)COC(=O)c1ccccc1N1C(=O)c2ccc(C(=O)O)cc2C1=O. The van der Waals surface area contributed by atoms with Gasteiger partial charge in [0, 0.05) is 0 Å². The zero-order valence-electron chi connectivity index (χ0n) is 14.8. The zero-order valence-corrected chi connectivity index (χ0v) is 14.8. The van der Waals surface area contributed by atoms with E-state index in [1.807, 2.05) is 13.8 Å². The van der Waals surface area contributed by atoms with E-state index in [0.29, 0.717) is 0 Å². The Morgan fingerprint density at radius 2 is 1.70 bits per heavy atom. The molecule has 2 amide bonds. The Bertz CT molecular complexity index is 963. The van der Waals surface area contributed by atoms with Crippen LogP contribution in [0.3, 0.4) is 0 Å². The number of nitrogens with zero attached hydrogens (tertiary/aromatic N) is 1. The molecular weight excluding hydrogens is 350 g/mol. The zero-order chi connectivity index (χ0) is 19.7. The van der Waals surface area contributed by atoms with E-state index in [-0.39, 0.29) is 40.5 Å². The normalized spacial score (nSPS) is 13.1. The first-order chi connectivity index (χ1) is 12.8. The number of para-hydroxylation sites is 1. The summed E-state index contributed by atoms with van der Waals surface area (Å²) in [6.45, 7) is 3.99. The molecule has 0 aliphatic carbocycles. The van der Waals surface area contributed by atoms with E-state index in [2.05, 4.69) is 0 Å². The van der Waals surface area contributed by atoms with Crippen molar-refractivity contribution in [1.29, 1.82) is 0 Å². The van der Waals surface area contributed by atoms with Crippen LogP contribution in [0, 0.1) is 5.92 Å². The first kappa shape index (κ1) is 18.3. The van der Waals surface area contributed by atoms with Gasteiger partial charge in [0.25, 0.3) is 11.8 Å². The lowest BCUT2D eigenvalue weighted by Gasteiger charge is -2.17. The fraction of sp³-hybridized carbons (Fsp3) is 0.200. The van der Waals surface area contributed by atoms with Crippen molar-refractivity contribution in [3.05, 3.63) is 64.7 Å². The van der Waals surface area contributed by atoms with Crippen LogP contribution in [0.4, 0.5) is 5.69 Å². The van der Waals surface area contributed by atoms with Gasteiger partial charge in [0.1, 0.15) is 0 Å². The molecule has 7 nitrogen and oxygen atoms in total. The largest absolute Gasteiger partial charge is 0.478 e. The number of hydrogen-bond acceptors (Lipinski definition) is 5. The molecule has 0 atom stereocenters. The third kappa shape index (κ3) is 3.31. The van der Waals surface area contributed by atoms with Crippen LogP contribution in [-0.4, -0.2) is 35.5 Å². The first-order valence-corrected chi connectivity index (χ1v) is 8.33. The molecule has 3 rings (SSSR count). The number of benzene rings is 2. The Labute approximate surface area is 155 Å². The summed E-state index contributed by atoms with van der Waals surface area (Å²) < 4.78 is 5.22. The Morgan fingerprint density at radius 1 is 1.04 bits per heavy atom. The highest BCUT2D eigenvalue weighted by Crippen LogP contribution is 2.31. The van der Waals surface area contributed by atoms with Gasteiger partial charge in [0.05, 0.1) is 34.5 Å². The minimum absolute atomic E-state index is 0.00903. The maximum Gasteiger partial charge on any atom is 0.340 e. The summed E-state index contributed by atoms with van der Waals surface area (Å²) >= 11 is 0. The van der Waals surface area contributed by atoms with Gasteiger partial charge in [0.2, 0.25) is 0 Å². The molecule has 1 heterocycles.